The Balaban J connectivity index is 1.70. The molecule has 0 saturated heterocycles. The molecule has 1 aliphatic rings. The number of ether oxygens (including phenoxy) is 1. The SMILES string of the molecule is [2H]C1=CN(c2cnn(C)c2)N([2H])C([2H])(C(=O)c2cccc(-c3ncc(OCC)cn3)c2)C1=O. The Morgan fingerprint density at radius 2 is 2.17 bits per heavy atom. The minimum atomic E-state index is -2.71. The highest BCUT2D eigenvalue weighted by Gasteiger charge is 2.31. The van der Waals surface area contributed by atoms with Gasteiger partial charge in [-0.15, -0.1) is 0 Å². The summed E-state index contributed by atoms with van der Waals surface area (Å²) in [4.78, 5) is 34.7. The Labute approximate surface area is 177 Å². The molecular weight excluding hydrogens is 384 g/mol. The van der Waals surface area contributed by atoms with Gasteiger partial charge in [-0.25, -0.2) is 15.4 Å². The molecule has 0 fully saturated rings. The molecule has 152 valence electrons. The molecule has 3 heterocycles. The fraction of sp³-hybridized carbons (Fsp3) is 0.190. The summed E-state index contributed by atoms with van der Waals surface area (Å²) < 4.78 is 32.0. The topological polar surface area (TPSA) is 102 Å². The van der Waals surface area contributed by atoms with Gasteiger partial charge in [0.15, 0.2) is 29.2 Å². The van der Waals surface area contributed by atoms with Gasteiger partial charge in [0.2, 0.25) is 0 Å². The maximum absolute atomic E-state index is 13.4. The predicted molar refractivity (Wildman–Crippen MR) is 110 cm³/mol. The Bertz CT molecular complexity index is 1250. The summed E-state index contributed by atoms with van der Waals surface area (Å²) in [5.41, 5.74) is 1.27. The van der Waals surface area contributed by atoms with Crippen molar-refractivity contribution in [3.63, 3.8) is 0 Å². The summed E-state index contributed by atoms with van der Waals surface area (Å²) >= 11 is 0. The number of hydrogen-bond acceptors (Lipinski definition) is 8. The van der Waals surface area contributed by atoms with Gasteiger partial charge in [-0.2, -0.15) is 5.10 Å². The molecule has 3 aromatic rings. The van der Waals surface area contributed by atoms with Crippen molar-refractivity contribution in [2.24, 2.45) is 7.05 Å². The third-order valence-electron chi connectivity index (χ3n) is 4.23. The summed E-state index contributed by atoms with van der Waals surface area (Å²) in [5, 5.41) is 5.08. The number of ketones is 2. The van der Waals surface area contributed by atoms with Crippen LogP contribution in [0.5, 0.6) is 5.75 Å². The largest absolute Gasteiger partial charge is 0.491 e. The fourth-order valence-electron chi connectivity index (χ4n) is 2.82. The number of hydrazine groups is 1. The van der Waals surface area contributed by atoms with Gasteiger partial charge in [0.1, 0.15) is 1.41 Å². The van der Waals surface area contributed by atoms with Crippen molar-refractivity contribution >= 4 is 17.3 Å². The molecular formula is C21H20N6O3. The maximum atomic E-state index is 13.4. The van der Waals surface area contributed by atoms with E-state index in [-0.39, 0.29) is 5.56 Å². The number of aryl methyl sites for hydroxylation is 1. The summed E-state index contributed by atoms with van der Waals surface area (Å²) in [6.07, 6.45) is 7.03. The van der Waals surface area contributed by atoms with E-state index in [1.165, 1.54) is 41.6 Å². The number of Topliss-reactive ketones (excluding diaryl/α,β-unsaturated/α-hetero) is 1. The number of aromatic nitrogens is 4. The highest BCUT2D eigenvalue weighted by molar-refractivity contribution is 6.18. The van der Waals surface area contributed by atoms with Crippen molar-refractivity contribution in [3.8, 4) is 17.1 Å². The van der Waals surface area contributed by atoms with Crippen molar-refractivity contribution in [1.82, 2.24) is 25.2 Å². The van der Waals surface area contributed by atoms with Gasteiger partial charge >= 0.3 is 0 Å². The van der Waals surface area contributed by atoms with Crippen molar-refractivity contribution in [2.75, 3.05) is 11.6 Å². The quantitative estimate of drug-likeness (QED) is 0.489. The average molecular weight is 407 g/mol. The van der Waals surface area contributed by atoms with E-state index in [4.69, 9.17) is 8.89 Å². The number of benzene rings is 1. The van der Waals surface area contributed by atoms with Crippen LogP contribution in [0.25, 0.3) is 11.4 Å². The highest BCUT2D eigenvalue weighted by atomic mass is 16.5. The monoisotopic (exact) mass is 407 g/mol. The summed E-state index contributed by atoms with van der Waals surface area (Å²) in [6, 6.07) is 2.86. The summed E-state index contributed by atoms with van der Waals surface area (Å²) in [6.45, 7) is 2.31. The van der Waals surface area contributed by atoms with E-state index in [1.807, 2.05) is 6.92 Å². The normalized spacial score (nSPS) is 20.9. The first-order chi connectivity index (χ1) is 15.8. The fourth-order valence-corrected chi connectivity index (χ4v) is 2.82. The van der Waals surface area contributed by atoms with Gasteiger partial charge in [-0.1, -0.05) is 18.2 Å². The molecule has 9 heteroatoms. The Kier molecular flexibility index (Phi) is 4.40. The standard InChI is InChI=1S/C21H20N6O3/c1-3-30-17-11-22-21(23-12-17)15-6-4-5-14(9-15)20(29)19-18(28)7-8-27(25-19)16-10-24-26(2)13-16/h4-13,19,25H,3H2,1-2H3/i7D,19D/hD. The molecule has 0 bridgehead atoms. The number of nitrogens with zero attached hydrogens (tertiary/aromatic N) is 5. The molecule has 4 rings (SSSR count). The minimum absolute atomic E-state index is 0.00595. The zero-order chi connectivity index (χ0) is 23.8. The van der Waals surface area contributed by atoms with Crippen molar-refractivity contribution in [2.45, 2.75) is 12.9 Å². The zero-order valence-corrected chi connectivity index (χ0v) is 16.3. The number of carbonyl (C=O) groups is 2. The first-order valence-corrected chi connectivity index (χ1v) is 9.16. The van der Waals surface area contributed by atoms with E-state index in [2.05, 4.69) is 15.1 Å². The van der Waals surface area contributed by atoms with Crippen LogP contribution in [0.3, 0.4) is 0 Å². The molecule has 0 radical (unpaired) electrons. The van der Waals surface area contributed by atoms with E-state index in [9.17, 15) is 9.59 Å². The lowest BCUT2D eigenvalue weighted by atomic mass is 9.98. The average Bonchev–Trinajstić information content (AvgIpc) is 3.26. The lowest BCUT2D eigenvalue weighted by Crippen LogP contribution is -2.53. The smallest absolute Gasteiger partial charge is 0.189 e. The first kappa shape index (κ1) is 16.0. The van der Waals surface area contributed by atoms with E-state index in [1.54, 1.807) is 19.2 Å². The summed E-state index contributed by atoms with van der Waals surface area (Å²) in [5.74, 6) is -1.24. The van der Waals surface area contributed by atoms with Crippen LogP contribution in [0.1, 0.15) is 20.0 Å². The molecule has 0 aliphatic carbocycles. The van der Waals surface area contributed by atoms with Crippen LogP contribution in [-0.2, 0) is 11.8 Å². The van der Waals surface area contributed by atoms with Crippen LogP contribution >= 0.6 is 0 Å². The van der Waals surface area contributed by atoms with Gasteiger partial charge in [0.05, 0.1) is 33.6 Å². The first-order valence-electron chi connectivity index (χ1n) is 10.6. The molecule has 2 aromatic heterocycles. The van der Waals surface area contributed by atoms with Gasteiger partial charge in [0, 0.05) is 36.6 Å². The van der Waals surface area contributed by atoms with E-state index < -0.39 is 23.6 Å². The second kappa shape index (κ2) is 8.26. The Morgan fingerprint density at radius 3 is 2.87 bits per heavy atom. The van der Waals surface area contributed by atoms with Crippen LogP contribution in [0.15, 0.2) is 61.3 Å². The maximum Gasteiger partial charge on any atom is 0.189 e. The molecule has 9 nitrogen and oxygen atoms in total. The molecule has 1 atom stereocenters. The predicted octanol–water partition coefficient (Wildman–Crippen LogP) is 1.93. The van der Waals surface area contributed by atoms with Crippen LogP contribution in [-0.4, -0.2) is 43.9 Å². The van der Waals surface area contributed by atoms with Gasteiger partial charge in [-0.05, 0) is 13.0 Å². The molecule has 1 aliphatic heterocycles. The lowest BCUT2D eigenvalue weighted by molar-refractivity contribution is -0.115. The number of nitrogens with one attached hydrogen (secondary N) is 1. The van der Waals surface area contributed by atoms with E-state index in [0.29, 0.717) is 34.9 Å². The van der Waals surface area contributed by atoms with Crippen LogP contribution < -0.4 is 15.2 Å². The van der Waals surface area contributed by atoms with Gasteiger partial charge in [0.25, 0.3) is 0 Å². The van der Waals surface area contributed by atoms with Gasteiger partial charge < -0.3 is 4.74 Å². The lowest BCUT2D eigenvalue weighted by Gasteiger charge is -2.28. The third kappa shape index (κ3) is 3.96. The van der Waals surface area contributed by atoms with Crippen LogP contribution in [0.4, 0.5) is 5.69 Å². The van der Waals surface area contributed by atoms with Crippen molar-refractivity contribution in [3.05, 3.63) is 66.9 Å². The third-order valence-corrected chi connectivity index (χ3v) is 4.23. The Hall–Kier alpha value is -3.85. The van der Waals surface area contributed by atoms with Crippen LogP contribution in [0, 0.1) is 0 Å². The highest BCUT2D eigenvalue weighted by Crippen LogP contribution is 2.21. The number of hydrogen-bond donors (Lipinski definition) is 1. The molecule has 0 spiro atoms. The molecule has 0 amide bonds. The van der Waals surface area contributed by atoms with Crippen molar-refractivity contribution in [1.29, 1.82) is 0 Å². The second-order valence-electron chi connectivity index (χ2n) is 6.35. The second-order valence-corrected chi connectivity index (χ2v) is 6.35. The zero-order valence-electron chi connectivity index (χ0n) is 19.3. The number of anilines is 1. The Morgan fingerprint density at radius 1 is 1.37 bits per heavy atom. The van der Waals surface area contributed by atoms with Crippen LogP contribution in [0.2, 0.25) is 1.41 Å². The number of carbonyl (C=O) groups excluding carboxylic acids is 2. The van der Waals surface area contributed by atoms with Gasteiger partial charge in [-0.3, -0.25) is 19.3 Å². The number of rotatable bonds is 6. The van der Waals surface area contributed by atoms with E-state index >= 15 is 0 Å². The molecule has 1 N–H and O–H groups in total. The van der Waals surface area contributed by atoms with E-state index in [0.717, 1.165) is 11.2 Å². The summed E-state index contributed by atoms with van der Waals surface area (Å²) in [7, 11) is 1.66. The molecule has 0 saturated carbocycles. The molecule has 30 heavy (non-hydrogen) atoms. The molecule has 1 unspecified atom stereocenters. The molecule has 1 aromatic carbocycles. The minimum Gasteiger partial charge on any atom is -0.491 e. The van der Waals surface area contributed by atoms with Crippen molar-refractivity contribution < 1.29 is 18.5 Å².